The van der Waals surface area contributed by atoms with Crippen LogP contribution >= 0.6 is 0 Å². The highest BCUT2D eigenvalue weighted by Crippen LogP contribution is 2.28. The maximum absolute atomic E-state index is 14.0. The van der Waals surface area contributed by atoms with Crippen LogP contribution in [-0.2, 0) is 10.2 Å². The molecule has 0 bridgehead atoms. The van der Waals surface area contributed by atoms with Crippen molar-refractivity contribution in [3.63, 3.8) is 0 Å². The Labute approximate surface area is 201 Å². The normalized spacial score (nSPS) is 14.7. The number of nitrogens with one attached hydrogen (secondary N) is 1. The van der Waals surface area contributed by atoms with Gasteiger partial charge in [0.15, 0.2) is 0 Å². The first kappa shape index (κ1) is 24.5. The van der Waals surface area contributed by atoms with E-state index < -0.39 is 17.5 Å². The molecule has 0 radical (unpaired) electrons. The molecule has 0 spiro atoms. The molecule has 35 heavy (non-hydrogen) atoms. The molecule has 4 rings (SSSR count). The minimum absolute atomic E-state index is 0.188. The first-order chi connectivity index (χ1) is 16.5. The van der Waals surface area contributed by atoms with E-state index in [4.69, 9.17) is 0 Å². The summed E-state index contributed by atoms with van der Waals surface area (Å²) < 4.78 is 42.2. The Kier molecular flexibility index (Phi) is 6.69. The molecular weight excluding hydrogens is 457 g/mol. The van der Waals surface area contributed by atoms with Gasteiger partial charge in [-0.3, -0.25) is 9.59 Å². The number of halogens is 3. The van der Waals surface area contributed by atoms with Crippen molar-refractivity contribution in [2.24, 2.45) is 5.92 Å². The Bertz CT molecular complexity index is 1240. The van der Waals surface area contributed by atoms with Crippen molar-refractivity contribution in [2.45, 2.75) is 39.0 Å². The lowest BCUT2D eigenvalue weighted by Crippen LogP contribution is -2.41. The zero-order valence-electron chi connectivity index (χ0n) is 19.8. The van der Waals surface area contributed by atoms with Crippen molar-refractivity contribution in [3.8, 4) is 5.69 Å². The number of carbonyl (C=O) groups excluding carboxylic acids is 2. The van der Waals surface area contributed by atoms with Gasteiger partial charge in [0.2, 0.25) is 5.91 Å². The first-order valence-corrected chi connectivity index (χ1v) is 11.4. The van der Waals surface area contributed by atoms with E-state index in [1.807, 2.05) is 20.8 Å². The molecule has 0 atom stereocenters. The number of nitrogens with zero attached hydrogens (tertiary/aromatic N) is 3. The molecule has 184 valence electrons. The quantitative estimate of drug-likeness (QED) is 0.562. The molecule has 0 saturated carbocycles. The zero-order valence-corrected chi connectivity index (χ0v) is 19.8. The predicted molar refractivity (Wildman–Crippen MR) is 126 cm³/mol. The first-order valence-electron chi connectivity index (χ1n) is 11.4. The summed E-state index contributed by atoms with van der Waals surface area (Å²) in [6.45, 7) is 6.57. The molecule has 1 aromatic heterocycles. The van der Waals surface area contributed by atoms with Gasteiger partial charge in [0.1, 0.15) is 23.3 Å². The third-order valence-corrected chi connectivity index (χ3v) is 6.11. The highest BCUT2D eigenvalue weighted by atomic mass is 19.1. The van der Waals surface area contributed by atoms with Crippen molar-refractivity contribution in [2.75, 3.05) is 18.4 Å². The number of amides is 2. The molecule has 3 aromatic rings. The van der Waals surface area contributed by atoms with Crippen LogP contribution in [0, 0.1) is 23.4 Å². The highest BCUT2D eigenvalue weighted by molar-refractivity contribution is 5.95. The largest absolute Gasteiger partial charge is 0.339 e. The van der Waals surface area contributed by atoms with Crippen molar-refractivity contribution in [1.82, 2.24) is 14.7 Å². The second-order valence-corrected chi connectivity index (χ2v) is 9.73. The summed E-state index contributed by atoms with van der Waals surface area (Å²) in [5.74, 6) is -2.64. The number of piperidine rings is 1. The highest BCUT2D eigenvalue weighted by Gasteiger charge is 2.30. The number of carbonyl (C=O) groups is 2. The van der Waals surface area contributed by atoms with Gasteiger partial charge in [-0.25, -0.2) is 17.9 Å². The maximum Gasteiger partial charge on any atom is 0.256 e. The minimum Gasteiger partial charge on any atom is -0.339 e. The van der Waals surface area contributed by atoms with Gasteiger partial charge in [0.25, 0.3) is 5.91 Å². The summed E-state index contributed by atoms with van der Waals surface area (Å²) >= 11 is 0. The fourth-order valence-electron chi connectivity index (χ4n) is 4.02. The Morgan fingerprint density at radius 1 is 0.943 bits per heavy atom. The molecule has 1 saturated heterocycles. The fourth-order valence-corrected chi connectivity index (χ4v) is 4.02. The van der Waals surface area contributed by atoms with Crippen molar-refractivity contribution >= 4 is 17.6 Å². The van der Waals surface area contributed by atoms with Gasteiger partial charge in [-0.15, -0.1) is 0 Å². The number of aromatic nitrogens is 2. The van der Waals surface area contributed by atoms with Crippen molar-refractivity contribution in [3.05, 3.63) is 77.2 Å². The molecular formula is C26H27F3N4O2. The van der Waals surface area contributed by atoms with Crippen LogP contribution in [0.25, 0.3) is 5.69 Å². The molecule has 2 heterocycles. The van der Waals surface area contributed by atoms with Crippen LogP contribution < -0.4 is 5.32 Å². The fraction of sp³-hybridized carbons (Fsp3) is 0.346. The molecule has 0 unspecified atom stereocenters. The van der Waals surface area contributed by atoms with E-state index >= 15 is 0 Å². The van der Waals surface area contributed by atoms with Crippen molar-refractivity contribution in [1.29, 1.82) is 0 Å². The molecule has 1 fully saturated rings. The lowest BCUT2D eigenvalue weighted by Gasteiger charge is -2.31. The van der Waals surface area contributed by atoms with E-state index in [2.05, 4.69) is 10.4 Å². The van der Waals surface area contributed by atoms with E-state index in [0.29, 0.717) is 30.4 Å². The van der Waals surface area contributed by atoms with E-state index in [1.54, 1.807) is 22.9 Å². The van der Waals surface area contributed by atoms with Gasteiger partial charge in [-0.05, 0) is 49.2 Å². The summed E-state index contributed by atoms with van der Waals surface area (Å²) in [5.41, 5.74) is 0.913. The average molecular weight is 485 g/mol. The molecule has 6 nitrogen and oxygen atoms in total. The summed E-state index contributed by atoms with van der Waals surface area (Å²) in [7, 11) is 0. The standard InChI is InChI=1S/C26H27F3N4O2/c1-26(2,3)22-15-23(33(31-22)19-7-4-17(27)5-8-19)30-24(34)16-10-12-32(13-11-16)25(35)20-9-6-18(28)14-21(20)29/h4-9,14-16H,10-13H2,1-3H3,(H,30,34). The van der Waals surface area contributed by atoms with Crippen LogP contribution in [-0.4, -0.2) is 39.6 Å². The SMILES string of the molecule is CC(C)(C)c1cc(NC(=O)C2CCN(C(=O)c3ccc(F)cc3F)CC2)n(-c2ccc(F)cc2)n1. The summed E-state index contributed by atoms with van der Waals surface area (Å²) in [6.07, 6.45) is 0.800. The Morgan fingerprint density at radius 2 is 1.57 bits per heavy atom. The summed E-state index contributed by atoms with van der Waals surface area (Å²) in [6, 6.07) is 10.5. The van der Waals surface area contributed by atoms with E-state index in [0.717, 1.165) is 17.8 Å². The monoisotopic (exact) mass is 484 g/mol. The Balaban J connectivity index is 1.46. The number of hydrogen-bond donors (Lipinski definition) is 1. The van der Waals surface area contributed by atoms with Crippen LogP contribution in [0.2, 0.25) is 0 Å². The van der Waals surface area contributed by atoms with Gasteiger partial charge >= 0.3 is 0 Å². The summed E-state index contributed by atoms with van der Waals surface area (Å²) in [5, 5.41) is 7.57. The van der Waals surface area contributed by atoms with Crippen LogP contribution in [0.5, 0.6) is 0 Å². The zero-order chi connectivity index (χ0) is 25.3. The van der Waals surface area contributed by atoms with Crippen LogP contribution in [0.3, 0.4) is 0 Å². The van der Waals surface area contributed by atoms with E-state index in [9.17, 15) is 22.8 Å². The van der Waals surface area contributed by atoms with Crippen LogP contribution in [0.15, 0.2) is 48.5 Å². The minimum atomic E-state index is -0.904. The lowest BCUT2D eigenvalue weighted by molar-refractivity contribution is -0.121. The Morgan fingerprint density at radius 3 is 2.17 bits per heavy atom. The molecule has 2 aromatic carbocycles. The van der Waals surface area contributed by atoms with Crippen molar-refractivity contribution < 1.29 is 22.8 Å². The second kappa shape index (κ2) is 9.56. The molecule has 1 N–H and O–H groups in total. The van der Waals surface area contributed by atoms with Crippen LogP contribution in [0.4, 0.5) is 19.0 Å². The molecule has 9 heteroatoms. The number of benzene rings is 2. The predicted octanol–water partition coefficient (Wildman–Crippen LogP) is 5.08. The second-order valence-electron chi connectivity index (χ2n) is 9.73. The van der Waals surface area contributed by atoms with Gasteiger partial charge in [-0.1, -0.05) is 20.8 Å². The van der Waals surface area contributed by atoms with Gasteiger partial charge in [-0.2, -0.15) is 5.10 Å². The number of likely N-dealkylation sites (tertiary alicyclic amines) is 1. The number of hydrogen-bond acceptors (Lipinski definition) is 3. The van der Waals surface area contributed by atoms with Crippen LogP contribution in [0.1, 0.15) is 49.7 Å². The molecule has 1 aliphatic rings. The third kappa shape index (κ3) is 5.39. The number of rotatable bonds is 4. The molecule has 2 amide bonds. The Hall–Kier alpha value is -3.62. The summed E-state index contributed by atoms with van der Waals surface area (Å²) in [4.78, 5) is 27.2. The molecule has 0 aliphatic carbocycles. The van der Waals surface area contributed by atoms with Gasteiger partial charge < -0.3 is 10.2 Å². The van der Waals surface area contributed by atoms with Gasteiger partial charge in [0, 0.05) is 36.6 Å². The average Bonchev–Trinajstić information content (AvgIpc) is 3.23. The van der Waals surface area contributed by atoms with Gasteiger partial charge in [0.05, 0.1) is 16.9 Å². The van der Waals surface area contributed by atoms with E-state index in [1.165, 1.54) is 17.0 Å². The maximum atomic E-state index is 14.0. The third-order valence-electron chi connectivity index (χ3n) is 6.11. The topological polar surface area (TPSA) is 67.2 Å². The van der Waals surface area contributed by atoms with E-state index in [-0.39, 0.29) is 41.7 Å². The smallest absolute Gasteiger partial charge is 0.256 e. The number of anilines is 1. The molecule has 1 aliphatic heterocycles. The lowest BCUT2D eigenvalue weighted by atomic mass is 9.92.